The third kappa shape index (κ3) is 2.83. The van der Waals surface area contributed by atoms with E-state index in [2.05, 4.69) is 53.4 Å². The molecular weight excluding hydrogens is 336 g/mol. The van der Waals surface area contributed by atoms with E-state index in [1.165, 1.54) is 11.1 Å². The van der Waals surface area contributed by atoms with Gasteiger partial charge in [0.2, 0.25) is 11.9 Å². The molecule has 27 heavy (non-hydrogen) atoms. The van der Waals surface area contributed by atoms with Gasteiger partial charge in [-0.25, -0.2) is 4.68 Å². The molecule has 1 aromatic heterocycles. The van der Waals surface area contributed by atoms with Crippen LogP contribution in [0.3, 0.4) is 0 Å². The quantitative estimate of drug-likeness (QED) is 0.709. The number of anilines is 1. The van der Waals surface area contributed by atoms with Gasteiger partial charge in [-0.3, -0.25) is 9.69 Å². The van der Waals surface area contributed by atoms with Gasteiger partial charge in [-0.1, -0.05) is 60.2 Å². The highest BCUT2D eigenvalue weighted by Gasteiger charge is 2.44. The third-order valence-electron chi connectivity index (χ3n) is 5.63. The van der Waals surface area contributed by atoms with Crippen molar-refractivity contribution in [3.8, 4) is 0 Å². The molecule has 2 heterocycles. The predicted molar refractivity (Wildman–Crippen MR) is 103 cm³/mol. The molecule has 2 aromatic carbocycles. The van der Waals surface area contributed by atoms with Crippen molar-refractivity contribution in [2.75, 3.05) is 4.90 Å². The van der Waals surface area contributed by atoms with Gasteiger partial charge in [-0.2, -0.15) is 10.1 Å². The molecule has 0 radical (unpaired) electrons. The zero-order valence-corrected chi connectivity index (χ0v) is 15.3. The Balaban J connectivity index is 1.62. The Kier molecular flexibility index (Phi) is 3.81. The molecule has 1 aliphatic carbocycles. The van der Waals surface area contributed by atoms with Crippen molar-refractivity contribution < 1.29 is 4.79 Å². The first-order valence-electron chi connectivity index (χ1n) is 9.56. The van der Waals surface area contributed by atoms with Gasteiger partial charge in [0.15, 0.2) is 0 Å². The number of hydrogen-bond donors (Lipinski definition) is 0. The molecule has 5 rings (SSSR count). The summed E-state index contributed by atoms with van der Waals surface area (Å²) in [6.07, 6.45) is 4.32. The van der Waals surface area contributed by atoms with Crippen LogP contribution in [0.15, 0.2) is 60.9 Å². The van der Waals surface area contributed by atoms with Crippen LogP contribution in [-0.2, 0) is 4.79 Å². The van der Waals surface area contributed by atoms with Crippen LogP contribution in [0, 0.1) is 12.8 Å². The van der Waals surface area contributed by atoms with Gasteiger partial charge in [0.1, 0.15) is 6.33 Å². The molecule has 2 atom stereocenters. The fraction of sp³-hybridized carbons (Fsp3) is 0.318. The number of aryl methyl sites for hydroxylation is 1. The predicted octanol–water partition coefficient (Wildman–Crippen LogP) is 4.06. The summed E-state index contributed by atoms with van der Waals surface area (Å²) in [4.78, 5) is 19.5. The summed E-state index contributed by atoms with van der Waals surface area (Å²) < 4.78 is 1.92. The lowest BCUT2D eigenvalue weighted by atomic mass is 9.91. The van der Waals surface area contributed by atoms with Gasteiger partial charge in [0.25, 0.3) is 0 Å². The first kappa shape index (κ1) is 16.2. The molecule has 0 bridgehead atoms. The molecule has 0 saturated heterocycles. The summed E-state index contributed by atoms with van der Waals surface area (Å²) in [6.45, 7) is 2.09. The molecule has 5 heteroatoms. The summed E-state index contributed by atoms with van der Waals surface area (Å²) in [7, 11) is 0. The highest BCUT2D eigenvalue weighted by molar-refractivity contribution is 5.96. The molecule has 1 amide bonds. The maximum atomic E-state index is 13.1. The van der Waals surface area contributed by atoms with E-state index in [1.807, 2.05) is 27.8 Å². The second-order valence-electron chi connectivity index (χ2n) is 7.58. The van der Waals surface area contributed by atoms with Crippen molar-refractivity contribution in [1.82, 2.24) is 14.8 Å². The largest absolute Gasteiger partial charge is 0.274 e. The number of benzene rings is 2. The highest BCUT2D eigenvalue weighted by atomic mass is 16.2. The minimum absolute atomic E-state index is 0.0256. The molecule has 0 N–H and O–H groups in total. The van der Waals surface area contributed by atoms with E-state index in [4.69, 9.17) is 0 Å². The third-order valence-corrected chi connectivity index (χ3v) is 5.63. The van der Waals surface area contributed by atoms with Crippen LogP contribution in [0.2, 0.25) is 0 Å². The van der Waals surface area contributed by atoms with Crippen molar-refractivity contribution in [3.05, 3.63) is 77.6 Å². The Morgan fingerprint density at radius 2 is 1.67 bits per heavy atom. The zero-order chi connectivity index (χ0) is 18.4. The van der Waals surface area contributed by atoms with Gasteiger partial charge >= 0.3 is 0 Å². The van der Waals surface area contributed by atoms with Gasteiger partial charge in [-0.05, 0) is 37.3 Å². The van der Waals surface area contributed by atoms with Crippen molar-refractivity contribution >= 4 is 11.9 Å². The SMILES string of the molecule is Cc1ccc(C2CC(c3ccccc3)N(C(=O)C3CC3)c3ncnn32)cc1. The van der Waals surface area contributed by atoms with E-state index >= 15 is 0 Å². The number of carbonyl (C=O) groups excluding carboxylic acids is 1. The van der Waals surface area contributed by atoms with Crippen molar-refractivity contribution in [1.29, 1.82) is 0 Å². The molecular formula is C22H22N4O. The Morgan fingerprint density at radius 3 is 2.37 bits per heavy atom. The number of rotatable bonds is 3. The van der Waals surface area contributed by atoms with Crippen LogP contribution < -0.4 is 4.90 Å². The number of nitrogens with zero attached hydrogens (tertiary/aromatic N) is 4. The Labute approximate surface area is 158 Å². The summed E-state index contributed by atoms with van der Waals surface area (Å²) in [5.41, 5.74) is 3.59. The molecule has 1 saturated carbocycles. The average molecular weight is 358 g/mol. The van der Waals surface area contributed by atoms with E-state index in [1.54, 1.807) is 6.33 Å². The lowest BCUT2D eigenvalue weighted by Gasteiger charge is -2.39. The number of fused-ring (bicyclic) bond motifs is 1. The average Bonchev–Trinajstić information content (AvgIpc) is 3.44. The Bertz CT molecular complexity index is 959. The lowest BCUT2D eigenvalue weighted by molar-refractivity contribution is -0.120. The van der Waals surface area contributed by atoms with Crippen LogP contribution >= 0.6 is 0 Å². The Hall–Kier alpha value is -2.95. The van der Waals surface area contributed by atoms with E-state index in [9.17, 15) is 4.79 Å². The van der Waals surface area contributed by atoms with Crippen LogP contribution in [0.25, 0.3) is 0 Å². The van der Waals surface area contributed by atoms with Crippen LogP contribution in [0.5, 0.6) is 0 Å². The molecule has 2 unspecified atom stereocenters. The first-order chi connectivity index (χ1) is 13.2. The Morgan fingerprint density at radius 1 is 0.963 bits per heavy atom. The second kappa shape index (κ2) is 6.34. The number of carbonyl (C=O) groups is 1. The molecule has 2 aliphatic rings. The fourth-order valence-corrected chi connectivity index (χ4v) is 4.00. The van der Waals surface area contributed by atoms with Gasteiger partial charge in [-0.15, -0.1) is 0 Å². The maximum Gasteiger partial charge on any atom is 0.233 e. The standard InChI is InChI=1S/C22H22N4O/c1-15-7-9-17(10-8-15)20-13-19(16-5-3-2-4-6-16)25(21(27)18-11-12-18)22-23-14-24-26(20)22/h2-10,14,18-20H,11-13H2,1H3. The lowest BCUT2D eigenvalue weighted by Crippen LogP contribution is -2.43. The van der Waals surface area contributed by atoms with Crippen molar-refractivity contribution in [2.45, 2.75) is 38.3 Å². The molecule has 136 valence electrons. The first-order valence-corrected chi connectivity index (χ1v) is 9.56. The number of hydrogen-bond acceptors (Lipinski definition) is 3. The van der Waals surface area contributed by atoms with Crippen molar-refractivity contribution in [3.63, 3.8) is 0 Å². The summed E-state index contributed by atoms with van der Waals surface area (Å²) >= 11 is 0. The van der Waals surface area contributed by atoms with E-state index < -0.39 is 0 Å². The minimum atomic E-state index is -0.0256. The monoisotopic (exact) mass is 358 g/mol. The fourth-order valence-electron chi connectivity index (χ4n) is 4.00. The van der Waals surface area contributed by atoms with E-state index in [0.29, 0.717) is 5.95 Å². The van der Waals surface area contributed by atoms with E-state index in [0.717, 1.165) is 24.8 Å². The normalized spacial score (nSPS) is 21.7. The summed E-state index contributed by atoms with van der Waals surface area (Å²) in [5, 5.41) is 4.49. The van der Waals surface area contributed by atoms with Gasteiger partial charge in [0.05, 0.1) is 12.1 Å². The summed E-state index contributed by atoms with van der Waals surface area (Å²) in [5.74, 6) is 0.982. The maximum absolute atomic E-state index is 13.1. The smallest absolute Gasteiger partial charge is 0.233 e. The topological polar surface area (TPSA) is 51.0 Å². The molecule has 1 aliphatic heterocycles. The van der Waals surface area contributed by atoms with Crippen LogP contribution in [0.1, 0.15) is 48.0 Å². The van der Waals surface area contributed by atoms with Crippen molar-refractivity contribution in [2.24, 2.45) is 5.92 Å². The van der Waals surface area contributed by atoms with Crippen LogP contribution in [-0.4, -0.2) is 20.7 Å². The molecule has 5 nitrogen and oxygen atoms in total. The molecule has 3 aromatic rings. The van der Waals surface area contributed by atoms with Gasteiger partial charge < -0.3 is 0 Å². The minimum Gasteiger partial charge on any atom is -0.274 e. The van der Waals surface area contributed by atoms with Crippen LogP contribution in [0.4, 0.5) is 5.95 Å². The van der Waals surface area contributed by atoms with Gasteiger partial charge in [0, 0.05) is 5.92 Å². The van der Waals surface area contributed by atoms with E-state index in [-0.39, 0.29) is 23.9 Å². The molecule has 1 fully saturated rings. The number of amides is 1. The number of aromatic nitrogens is 3. The summed E-state index contributed by atoms with van der Waals surface area (Å²) in [6, 6.07) is 18.9. The molecule has 0 spiro atoms. The highest BCUT2D eigenvalue weighted by Crippen LogP contribution is 2.44. The zero-order valence-electron chi connectivity index (χ0n) is 15.3. The second-order valence-corrected chi connectivity index (χ2v) is 7.58.